The number of hydrogen-bond donors (Lipinski definition) is 4. The Kier molecular flexibility index (Phi) is 7.38. The molecule has 20 heavy (non-hydrogen) atoms. The van der Waals surface area contributed by atoms with Crippen molar-refractivity contribution in [2.75, 3.05) is 12.0 Å². The standard InChI is InChI=1S/C8H13N3O.C4H4O4/c1-6-3-4-7(2)11(6)10-8(12)5-9;5-3(6)1-2-4(7)8/h3-4H,5,9H2,1-2H3,(H,10,12);1-2H,(H,5,6)(H,7,8). The Morgan fingerprint density at radius 2 is 1.55 bits per heavy atom. The molecule has 0 bridgehead atoms. The summed E-state index contributed by atoms with van der Waals surface area (Å²) in [7, 11) is 0. The van der Waals surface area contributed by atoms with E-state index in [1.165, 1.54) is 0 Å². The highest BCUT2D eigenvalue weighted by molar-refractivity contribution is 5.89. The Labute approximate surface area is 115 Å². The highest BCUT2D eigenvalue weighted by Gasteiger charge is 2.02. The van der Waals surface area contributed by atoms with Crippen LogP contribution in [0, 0.1) is 13.8 Å². The van der Waals surface area contributed by atoms with Crippen LogP contribution >= 0.6 is 0 Å². The second-order valence-corrected chi connectivity index (χ2v) is 3.70. The van der Waals surface area contributed by atoms with Gasteiger partial charge in [0.15, 0.2) is 0 Å². The molecule has 1 amide bonds. The van der Waals surface area contributed by atoms with E-state index >= 15 is 0 Å². The number of amides is 1. The van der Waals surface area contributed by atoms with Crippen molar-refractivity contribution in [1.82, 2.24) is 4.68 Å². The van der Waals surface area contributed by atoms with Crippen molar-refractivity contribution in [2.24, 2.45) is 5.73 Å². The van der Waals surface area contributed by atoms with Gasteiger partial charge in [-0.1, -0.05) is 0 Å². The summed E-state index contributed by atoms with van der Waals surface area (Å²) in [5.74, 6) is -2.70. The molecule has 0 fully saturated rings. The number of aryl methyl sites for hydroxylation is 2. The van der Waals surface area contributed by atoms with Crippen LogP contribution in [-0.4, -0.2) is 39.3 Å². The first-order valence-corrected chi connectivity index (χ1v) is 5.56. The van der Waals surface area contributed by atoms with Crippen molar-refractivity contribution >= 4 is 17.8 Å². The molecule has 0 saturated carbocycles. The molecule has 0 unspecified atom stereocenters. The Bertz CT molecular complexity index is 484. The number of hydrogen-bond acceptors (Lipinski definition) is 4. The van der Waals surface area contributed by atoms with Crippen LogP contribution in [0.25, 0.3) is 0 Å². The van der Waals surface area contributed by atoms with Gasteiger partial charge >= 0.3 is 11.9 Å². The molecule has 0 aliphatic heterocycles. The summed E-state index contributed by atoms with van der Waals surface area (Å²) < 4.78 is 1.72. The normalized spacial score (nSPS) is 9.75. The Hall–Kier alpha value is -2.61. The average Bonchev–Trinajstić information content (AvgIpc) is 2.68. The van der Waals surface area contributed by atoms with Crippen molar-refractivity contribution in [3.63, 3.8) is 0 Å². The van der Waals surface area contributed by atoms with E-state index in [4.69, 9.17) is 15.9 Å². The van der Waals surface area contributed by atoms with Crippen molar-refractivity contribution in [3.8, 4) is 0 Å². The number of rotatable bonds is 4. The second kappa shape index (κ2) is 8.48. The third kappa shape index (κ3) is 6.97. The van der Waals surface area contributed by atoms with Crippen molar-refractivity contribution in [1.29, 1.82) is 0 Å². The molecule has 5 N–H and O–H groups in total. The van der Waals surface area contributed by atoms with Crippen LogP contribution in [0.1, 0.15) is 11.4 Å². The van der Waals surface area contributed by atoms with Crippen LogP contribution in [0.3, 0.4) is 0 Å². The van der Waals surface area contributed by atoms with Gasteiger partial charge in [0.1, 0.15) is 0 Å². The van der Waals surface area contributed by atoms with Crippen LogP contribution in [0.5, 0.6) is 0 Å². The zero-order chi connectivity index (χ0) is 15.7. The zero-order valence-electron chi connectivity index (χ0n) is 11.2. The maximum atomic E-state index is 10.9. The van der Waals surface area contributed by atoms with Gasteiger partial charge in [-0.15, -0.1) is 0 Å². The summed E-state index contributed by atoms with van der Waals surface area (Å²) in [5, 5.41) is 15.6. The quantitative estimate of drug-likeness (QED) is 0.567. The minimum Gasteiger partial charge on any atom is -0.478 e. The third-order valence-corrected chi connectivity index (χ3v) is 2.06. The first kappa shape index (κ1) is 17.4. The summed E-state index contributed by atoms with van der Waals surface area (Å²) >= 11 is 0. The largest absolute Gasteiger partial charge is 0.478 e. The Morgan fingerprint density at radius 3 is 1.85 bits per heavy atom. The number of nitrogens with two attached hydrogens (primary N) is 1. The van der Waals surface area contributed by atoms with Gasteiger partial charge < -0.3 is 15.9 Å². The molecular weight excluding hydrogens is 266 g/mol. The van der Waals surface area contributed by atoms with Gasteiger partial charge in [0.25, 0.3) is 5.91 Å². The predicted octanol–water partition coefficient (Wildman–Crippen LogP) is -0.154. The Morgan fingerprint density at radius 1 is 1.15 bits per heavy atom. The molecule has 8 nitrogen and oxygen atoms in total. The summed E-state index contributed by atoms with van der Waals surface area (Å²) in [5.41, 5.74) is 9.81. The zero-order valence-corrected chi connectivity index (χ0v) is 11.2. The van der Waals surface area contributed by atoms with Gasteiger partial charge in [0, 0.05) is 23.5 Å². The van der Waals surface area contributed by atoms with E-state index < -0.39 is 11.9 Å². The second-order valence-electron chi connectivity index (χ2n) is 3.70. The van der Waals surface area contributed by atoms with E-state index in [9.17, 15) is 14.4 Å². The number of carboxylic acid groups (broad SMARTS) is 2. The molecule has 1 rings (SSSR count). The topological polar surface area (TPSA) is 135 Å². The molecule has 0 atom stereocenters. The molecule has 0 saturated heterocycles. The van der Waals surface area contributed by atoms with Crippen molar-refractivity contribution in [3.05, 3.63) is 35.7 Å². The number of nitrogens with zero attached hydrogens (tertiary/aromatic N) is 1. The van der Waals surface area contributed by atoms with Gasteiger partial charge in [0.2, 0.25) is 0 Å². The first-order chi connectivity index (χ1) is 9.27. The van der Waals surface area contributed by atoms with Crippen LogP contribution in [0.15, 0.2) is 24.3 Å². The molecule has 1 aromatic rings. The highest BCUT2D eigenvalue weighted by atomic mass is 16.4. The summed E-state index contributed by atoms with van der Waals surface area (Å²) in [6.07, 6.45) is 1.12. The van der Waals surface area contributed by atoms with Gasteiger partial charge in [-0.2, -0.15) is 0 Å². The lowest BCUT2D eigenvalue weighted by atomic mass is 10.5. The van der Waals surface area contributed by atoms with Crippen LogP contribution in [-0.2, 0) is 14.4 Å². The maximum absolute atomic E-state index is 10.9. The minimum atomic E-state index is -1.26. The lowest BCUT2D eigenvalue weighted by Gasteiger charge is -2.09. The molecule has 0 aliphatic carbocycles. The summed E-state index contributed by atoms with van der Waals surface area (Å²) in [6, 6.07) is 3.87. The maximum Gasteiger partial charge on any atom is 0.328 e. The number of aliphatic carboxylic acids is 2. The molecule has 0 aliphatic rings. The molecule has 0 aromatic carbocycles. The van der Waals surface area contributed by atoms with Gasteiger partial charge in [-0.25, -0.2) is 9.59 Å². The van der Waals surface area contributed by atoms with E-state index in [0.29, 0.717) is 12.2 Å². The van der Waals surface area contributed by atoms with E-state index in [2.05, 4.69) is 5.43 Å². The fourth-order valence-corrected chi connectivity index (χ4v) is 1.16. The lowest BCUT2D eigenvalue weighted by molar-refractivity contribution is -0.134. The highest BCUT2D eigenvalue weighted by Crippen LogP contribution is 2.03. The Balaban J connectivity index is 0.000000396. The van der Waals surface area contributed by atoms with Crippen LogP contribution in [0.2, 0.25) is 0 Å². The fourth-order valence-electron chi connectivity index (χ4n) is 1.16. The third-order valence-electron chi connectivity index (χ3n) is 2.06. The fraction of sp³-hybridized carbons (Fsp3) is 0.250. The van der Waals surface area contributed by atoms with Gasteiger partial charge in [-0.05, 0) is 26.0 Å². The number of carboxylic acids is 2. The van der Waals surface area contributed by atoms with E-state index in [-0.39, 0.29) is 12.5 Å². The first-order valence-electron chi connectivity index (χ1n) is 5.56. The average molecular weight is 283 g/mol. The molecule has 8 heteroatoms. The number of carbonyl (C=O) groups is 3. The van der Waals surface area contributed by atoms with Gasteiger partial charge in [-0.3, -0.25) is 14.9 Å². The molecule has 0 radical (unpaired) electrons. The summed E-state index contributed by atoms with van der Waals surface area (Å²) in [4.78, 5) is 30.0. The van der Waals surface area contributed by atoms with Crippen LogP contribution in [0.4, 0.5) is 0 Å². The number of nitrogens with one attached hydrogen (secondary N) is 1. The monoisotopic (exact) mass is 283 g/mol. The van der Waals surface area contributed by atoms with Crippen LogP contribution < -0.4 is 11.2 Å². The van der Waals surface area contributed by atoms with E-state index in [1.807, 2.05) is 26.0 Å². The molecule has 0 spiro atoms. The van der Waals surface area contributed by atoms with E-state index in [1.54, 1.807) is 4.68 Å². The van der Waals surface area contributed by atoms with Gasteiger partial charge in [0.05, 0.1) is 6.54 Å². The molecule has 1 aromatic heterocycles. The SMILES string of the molecule is Cc1ccc(C)n1NC(=O)CN.O=C(O)C=CC(=O)O. The summed E-state index contributed by atoms with van der Waals surface area (Å²) in [6.45, 7) is 3.85. The number of carbonyl (C=O) groups excluding carboxylic acids is 1. The van der Waals surface area contributed by atoms with Crippen molar-refractivity contribution < 1.29 is 24.6 Å². The van der Waals surface area contributed by atoms with E-state index in [0.717, 1.165) is 11.4 Å². The molecular formula is C12H17N3O5. The lowest BCUT2D eigenvalue weighted by Crippen LogP contribution is -2.30. The number of aromatic nitrogens is 1. The molecule has 1 heterocycles. The smallest absolute Gasteiger partial charge is 0.328 e. The molecule has 110 valence electrons. The van der Waals surface area contributed by atoms with Crippen molar-refractivity contribution in [2.45, 2.75) is 13.8 Å². The minimum absolute atomic E-state index is 0.0110. The predicted molar refractivity (Wildman–Crippen MR) is 71.7 cm³/mol.